The predicted molar refractivity (Wildman–Crippen MR) is 69.2 cm³/mol. The maximum Gasteiger partial charge on any atom is 0.227 e. The summed E-state index contributed by atoms with van der Waals surface area (Å²) in [5.74, 6) is 0.772. The summed E-state index contributed by atoms with van der Waals surface area (Å²) in [5, 5.41) is 2.02. The molecule has 0 N–H and O–H groups in total. The first-order valence-electron chi connectivity index (χ1n) is 6.08. The van der Waals surface area contributed by atoms with E-state index < -0.39 is 0 Å². The first-order valence-corrected chi connectivity index (χ1v) is 6.96. The average Bonchev–Trinajstić information content (AvgIpc) is 2.83. The molecule has 94 valence electrons. The topological polar surface area (TPSA) is 29.5 Å². The van der Waals surface area contributed by atoms with Gasteiger partial charge in [-0.1, -0.05) is 6.07 Å². The third-order valence-electron chi connectivity index (χ3n) is 3.18. The van der Waals surface area contributed by atoms with Crippen molar-refractivity contribution in [3.8, 4) is 0 Å². The van der Waals surface area contributed by atoms with E-state index in [-0.39, 0.29) is 5.91 Å². The van der Waals surface area contributed by atoms with Gasteiger partial charge in [-0.3, -0.25) is 4.79 Å². The van der Waals surface area contributed by atoms with Gasteiger partial charge in [0.1, 0.15) is 0 Å². The van der Waals surface area contributed by atoms with Gasteiger partial charge in [0.2, 0.25) is 5.91 Å². The summed E-state index contributed by atoms with van der Waals surface area (Å²) in [7, 11) is 1.73. The molecule has 3 nitrogen and oxygen atoms in total. The van der Waals surface area contributed by atoms with Crippen molar-refractivity contribution >= 4 is 17.2 Å². The molecular formula is C13H19NO2S. The van der Waals surface area contributed by atoms with E-state index in [9.17, 15) is 4.79 Å². The van der Waals surface area contributed by atoms with Crippen molar-refractivity contribution in [3.63, 3.8) is 0 Å². The number of rotatable bonds is 4. The number of nitrogens with zero attached hydrogens (tertiary/aromatic N) is 1. The van der Waals surface area contributed by atoms with E-state index in [1.165, 1.54) is 6.42 Å². The van der Waals surface area contributed by atoms with Crippen LogP contribution in [-0.2, 0) is 16.0 Å². The fourth-order valence-corrected chi connectivity index (χ4v) is 3.03. The lowest BCUT2D eigenvalue weighted by Crippen LogP contribution is -2.41. The van der Waals surface area contributed by atoms with Crippen LogP contribution in [-0.4, -0.2) is 37.6 Å². The minimum Gasteiger partial charge on any atom is -0.384 e. The molecule has 1 amide bonds. The number of carbonyl (C=O) groups is 1. The minimum absolute atomic E-state index is 0.258. The molecule has 1 saturated heterocycles. The van der Waals surface area contributed by atoms with Gasteiger partial charge < -0.3 is 9.64 Å². The summed E-state index contributed by atoms with van der Waals surface area (Å²) in [6, 6.07) is 4.02. The Bertz CT molecular complexity index is 348. The first-order chi connectivity index (χ1) is 8.29. The number of thiophene rings is 1. The molecule has 0 bridgehead atoms. The molecule has 17 heavy (non-hydrogen) atoms. The molecule has 0 aliphatic carbocycles. The van der Waals surface area contributed by atoms with Crippen LogP contribution in [0.25, 0.3) is 0 Å². The van der Waals surface area contributed by atoms with E-state index in [0.29, 0.717) is 12.3 Å². The van der Waals surface area contributed by atoms with Crippen LogP contribution >= 0.6 is 11.3 Å². The van der Waals surface area contributed by atoms with Crippen LogP contribution in [0.3, 0.4) is 0 Å². The number of hydrogen-bond acceptors (Lipinski definition) is 3. The van der Waals surface area contributed by atoms with Gasteiger partial charge >= 0.3 is 0 Å². The van der Waals surface area contributed by atoms with Crippen LogP contribution in [0.15, 0.2) is 17.5 Å². The second-order valence-electron chi connectivity index (χ2n) is 4.56. The highest BCUT2D eigenvalue weighted by molar-refractivity contribution is 7.10. The molecule has 1 fully saturated rings. The van der Waals surface area contributed by atoms with E-state index in [0.717, 1.165) is 31.0 Å². The summed E-state index contributed by atoms with van der Waals surface area (Å²) in [6.45, 7) is 2.53. The predicted octanol–water partition coefficient (Wildman–Crippen LogP) is 2.18. The number of piperidine rings is 1. The maximum atomic E-state index is 12.1. The lowest BCUT2D eigenvalue weighted by molar-refractivity contribution is -0.132. The van der Waals surface area contributed by atoms with Crippen molar-refractivity contribution in [3.05, 3.63) is 22.4 Å². The normalized spacial score (nSPS) is 20.5. The smallest absolute Gasteiger partial charge is 0.227 e. The second kappa shape index (κ2) is 6.17. The Hall–Kier alpha value is -0.870. The standard InChI is InChI=1S/C13H19NO2S/c1-16-10-11-4-2-6-14(9-11)13(15)8-12-5-3-7-17-12/h3,5,7,11H,2,4,6,8-10H2,1H3. The molecule has 2 rings (SSSR count). The molecule has 0 spiro atoms. The Morgan fingerprint density at radius 1 is 1.65 bits per heavy atom. The van der Waals surface area contributed by atoms with Gasteiger partial charge in [-0.05, 0) is 30.2 Å². The van der Waals surface area contributed by atoms with E-state index in [1.54, 1.807) is 18.4 Å². The molecule has 1 atom stereocenters. The van der Waals surface area contributed by atoms with Crippen LogP contribution < -0.4 is 0 Å². The fraction of sp³-hybridized carbons (Fsp3) is 0.615. The van der Waals surface area contributed by atoms with E-state index in [4.69, 9.17) is 4.74 Å². The molecule has 1 aromatic heterocycles. The maximum absolute atomic E-state index is 12.1. The van der Waals surface area contributed by atoms with Crippen LogP contribution in [0.4, 0.5) is 0 Å². The highest BCUT2D eigenvalue weighted by Gasteiger charge is 2.23. The molecule has 4 heteroatoms. The monoisotopic (exact) mass is 253 g/mol. The van der Waals surface area contributed by atoms with Gasteiger partial charge in [0.15, 0.2) is 0 Å². The number of ether oxygens (including phenoxy) is 1. The SMILES string of the molecule is COCC1CCCN(C(=O)Cc2cccs2)C1. The van der Waals surface area contributed by atoms with E-state index in [1.807, 2.05) is 22.4 Å². The van der Waals surface area contributed by atoms with Crippen molar-refractivity contribution in [1.82, 2.24) is 4.90 Å². The highest BCUT2D eigenvalue weighted by Crippen LogP contribution is 2.18. The molecular weight excluding hydrogens is 234 g/mol. The molecule has 0 radical (unpaired) electrons. The summed E-state index contributed by atoms with van der Waals surface area (Å²) in [5.41, 5.74) is 0. The van der Waals surface area contributed by atoms with Crippen LogP contribution in [0.2, 0.25) is 0 Å². The van der Waals surface area contributed by atoms with Crippen molar-refractivity contribution < 1.29 is 9.53 Å². The molecule has 0 saturated carbocycles. The van der Waals surface area contributed by atoms with Gasteiger partial charge in [0, 0.05) is 25.1 Å². The Morgan fingerprint density at radius 3 is 3.24 bits per heavy atom. The Kier molecular flexibility index (Phi) is 4.57. The Labute approximate surface area is 106 Å². The van der Waals surface area contributed by atoms with Crippen molar-refractivity contribution in [2.75, 3.05) is 26.8 Å². The van der Waals surface area contributed by atoms with Crippen LogP contribution in [0, 0.1) is 5.92 Å². The van der Waals surface area contributed by atoms with Crippen molar-refractivity contribution in [2.45, 2.75) is 19.3 Å². The Morgan fingerprint density at radius 2 is 2.53 bits per heavy atom. The fourth-order valence-electron chi connectivity index (χ4n) is 2.34. The van der Waals surface area contributed by atoms with E-state index >= 15 is 0 Å². The summed E-state index contributed by atoms with van der Waals surface area (Å²) >= 11 is 1.65. The second-order valence-corrected chi connectivity index (χ2v) is 5.59. The number of likely N-dealkylation sites (tertiary alicyclic amines) is 1. The van der Waals surface area contributed by atoms with Gasteiger partial charge in [-0.2, -0.15) is 0 Å². The zero-order chi connectivity index (χ0) is 12.1. The zero-order valence-corrected chi connectivity index (χ0v) is 11.0. The van der Waals surface area contributed by atoms with Gasteiger partial charge in [-0.25, -0.2) is 0 Å². The number of carbonyl (C=O) groups excluding carboxylic acids is 1. The first kappa shape index (κ1) is 12.6. The third-order valence-corrected chi connectivity index (χ3v) is 4.06. The molecule has 1 aliphatic heterocycles. The van der Waals surface area contributed by atoms with Crippen molar-refractivity contribution in [1.29, 1.82) is 0 Å². The third kappa shape index (κ3) is 3.54. The lowest BCUT2D eigenvalue weighted by atomic mass is 9.98. The molecule has 0 aromatic carbocycles. The average molecular weight is 253 g/mol. The van der Waals surface area contributed by atoms with Gasteiger partial charge in [-0.15, -0.1) is 11.3 Å². The zero-order valence-electron chi connectivity index (χ0n) is 10.2. The quantitative estimate of drug-likeness (QED) is 0.823. The minimum atomic E-state index is 0.258. The molecule has 1 aromatic rings. The number of methoxy groups -OCH3 is 1. The summed E-state index contributed by atoms with van der Waals surface area (Å²) < 4.78 is 5.18. The van der Waals surface area contributed by atoms with Crippen LogP contribution in [0.5, 0.6) is 0 Å². The van der Waals surface area contributed by atoms with Gasteiger partial charge in [0.25, 0.3) is 0 Å². The summed E-state index contributed by atoms with van der Waals surface area (Å²) in [4.78, 5) is 15.3. The van der Waals surface area contributed by atoms with Crippen LogP contribution in [0.1, 0.15) is 17.7 Å². The van der Waals surface area contributed by atoms with Crippen molar-refractivity contribution in [2.24, 2.45) is 5.92 Å². The highest BCUT2D eigenvalue weighted by atomic mass is 32.1. The number of hydrogen-bond donors (Lipinski definition) is 0. The molecule has 1 unspecified atom stereocenters. The summed E-state index contributed by atoms with van der Waals surface area (Å²) in [6.07, 6.45) is 2.83. The molecule has 2 heterocycles. The van der Waals surface area contributed by atoms with E-state index in [2.05, 4.69) is 0 Å². The molecule has 1 aliphatic rings. The Balaban J connectivity index is 1.86. The number of amides is 1. The van der Waals surface area contributed by atoms with Gasteiger partial charge in [0.05, 0.1) is 13.0 Å². The largest absolute Gasteiger partial charge is 0.384 e. The lowest BCUT2D eigenvalue weighted by Gasteiger charge is -2.32.